The van der Waals surface area contributed by atoms with Gasteiger partial charge in [-0.15, -0.1) is 10.2 Å². The first kappa shape index (κ1) is 16.5. The molecule has 0 aliphatic carbocycles. The molecule has 0 aliphatic rings. The van der Waals surface area contributed by atoms with E-state index in [1.54, 1.807) is 23.0 Å². The number of aromatic nitrogens is 3. The lowest BCUT2D eigenvalue weighted by atomic mass is 10.2. The van der Waals surface area contributed by atoms with E-state index in [0.29, 0.717) is 8.95 Å². The van der Waals surface area contributed by atoms with Crippen LogP contribution in [0.15, 0.2) is 31.3 Å². The van der Waals surface area contributed by atoms with Crippen molar-refractivity contribution in [2.45, 2.75) is 24.9 Å². The highest BCUT2D eigenvalue weighted by molar-refractivity contribution is 9.11. The van der Waals surface area contributed by atoms with Gasteiger partial charge in [0.2, 0.25) is 5.16 Å². The summed E-state index contributed by atoms with van der Waals surface area (Å²) in [5.41, 5.74) is 0.849. The van der Waals surface area contributed by atoms with E-state index < -0.39 is 0 Å². The minimum atomic E-state index is 0.170. The standard InChI is InChI=1S/C13H14Br2N4OS/c1-7(2)12-17-18-13(21-3)19(12)16-6-8-4-9(14)11(20)10(15)5-8/h4-7,20H,1-3H3/b16-6-. The van der Waals surface area contributed by atoms with Crippen molar-refractivity contribution >= 4 is 49.8 Å². The van der Waals surface area contributed by atoms with Crippen LogP contribution in [0.2, 0.25) is 0 Å². The van der Waals surface area contributed by atoms with E-state index >= 15 is 0 Å². The number of hydrogen-bond acceptors (Lipinski definition) is 5. The number of hydrogen-bond donors (Lipinski definition) is 1. The maximum absolute atomic E-state index is 9.72. The molecule has 0 aliphatic heterocycles. The first-order chi connectivity index (χ1) is 9.93. The lowest BCUT2D eigenvalue weighted by Gasteiger charge is -2.06. The molecule has 1 heterocycles. The number of phenolic OH excluding ortho intramolecular Hbond substituents is 1. The number of benzene rings is 1. The van der Waals surface area contributed by atoms with Crippen molar-refractivity contribution in [2.75, 3.05) is 6.26 Å². The highest BCUT2D eigenvalue weighted by Gasteiger charge is 2.13. The second-order valence-electron chi connectivity index (χ2n) is 4.59. The van der Waals surface area contributed by atoms with Crippen molar-refractivity contribution in [1.82, 2.24) is 14.9 Å². The summed E-state index contributed by atoms with van der Waals surface area (Å²) in [5.74, 6) is 1.21. The largest absolute Gasteiger partial charge is 0.506 e. The minimum Gasteiger partial charge on any atom is -0.506 e. The van der Waals surface area contributed by atoms with Crippen molar-refractivity contribution in [3.63, 3.8) is 0 Å². The van der Waals surface area contributed by atoms with Gasteiger partial charge in [-0.3, -0.25) is 0 Å². The van der Waals surface area contributed by atoms with Crippen LogP contribution < -0.4 is 0 Å². The third-order valence-corrected chi connectivity index (χ3v) is 4.53. The second-order valence-corrected chi connectivity index (χ2v) is 7.07. The van der Waals surface area contributed by atoms with Crippen LogP contribution in [-0.4, -0.2) is 32.5 Å². The summed E-state index contributed by atoms with van der Waals surface area (Å²) in [6.07, 6.45) is 3.65. The number of phenols is 1. The number of thioether (sulfide) groups is 1. The fourth-order valence-corrected chi connectivity index (χ4v) is 3.31. The van der Waals surface area contributed by atoms with Crippen LogP contribution >= 0.6 is 43.6 Å². The molecule has 0 bridgehead atoms. The SMILES string of the molecule is CSc1nnc(C(C)C)n1/N=C\c1cc(Br)c(O)c(Br)c1. The van der Waals surface area contributed by atoms with Gasteiger partial charge in [-0.05, 0) is 55.8 Å². The van der Waals surface area contributed by atoms with Gasteiger partial charge in [0.1, 0.15) is 5.75 Å². The maximum Gasteiger partial charge on any atom is 0.211 e. The van der Waals surface area contributed by atoms with Crippen LogP contribution in [0.4, 0.5) is 0 Å². The average molecular weight is 434 g/mol. The Labute approximate surface area is 144 Å². The quantitative estimate of drug-likeness (QED) is 0.578. The first-order valence-electron chi connectivity index (χ1n) is 6.15. The van der Waals surface area contributed by atoms with Gasteiger partial charge in [0, 0.05) is 5.92 Å². The van der Waals surface area contributed by atoms with Crippen LogP contribution in [0, 0.1) is 0 Å². The zero-order chi connectivity index (χ0) is 15.6. The molecule has 0 amide bonds. The van der Waals surface area contributed by atoms with Crippen molar-refractivity contribution < 1.29 is 5.11 Å². The van der Waals surface area contributed by atoms with Crippen LogP contribution in [0.3, 0.4) is 0 Å². The molecule has 0 saturated carbocycles. The van der Waals surface area contributed by atoms with Crippen molar-refractivity contribution in [3.05, 3.63) is 32.5 Å². The number of nitrogens with zero attached hydrogens (tertiary/aromatic N) is 4. The molecule has 0 saturated heterocycles. The van der Waals surface area contributed by atoms with Crippen LogP contribution in [0.5, 0.6) is 5.75 Å². The summed E-state index contributed by atoms with van der Waals surface area (Å²) in [7, 11) is 0. The molecular weight excluding hydrogens is 420 g/mol. The van der Waals surface area contributed by atoms with Gasteiger partial charge in [0.25, 0.3) is 0 Å². The van der Waals surface area contributed by atoms with Gasteiger partial charge in [-0.25, -0.2) is 0 Å². The minimum absolute atomic E-state index is 0.170. The smallest absolute Gasteiger partial charge is 0.211 e. The molecule has 0 spiro atoms. The Kier molecular flexibility index (Phi) is 5.45. The van der Waals surface area contributed by atoms with Gasteiger partial charge in [-0.2, -0.15) is 9.78 Å². The fraction of sp³-hybridized carbons (Fsp3) is 0.308. The van der Waals surface area contributed by atoms with E-state index in [0.717, 1.165) is 16.5 Å². The normalized spacial score (nSPS) is 11.7. The predicted octanol–water partition coefficient (Wildman–Crippen LogP) is 4.24. The van der Waals surface area contributed by atoms with E-state index in [-0.39, 0.29) is 11.7 Å². The van der Waals surface area contributed by atoms with Crippen LogP contribution in [0.25, 0.3) is 0 Å². The Morgan fingerprint density at radius 3 is 2.43 bits per heavy atom. The summed E-state index contributed by atoms with van der Waals surface area (Å²) in [6, 6.07) is 3.59. The Morgan fingerprint density at radius 1 is 1.29 bits per heavy atom. The molecule has 0 unspecified atom stereocenters. The second kappa shape index (κ2) is 6.93. The lowest BCUT2D eigenvalue weighted by Crippen LogP contribution is -2.02. The van der Waals surface area contributed by atoms with E-state index in [9.17, 15) is 5.11 Å². The zero-order valence-electron chi connectivity index (χ0n) is 11.7. The molecule has 0 atom stereocenters. The molecular formula is C13H14Br2N4OS. The molecule has 8 heteroatoms. The molecule has 21 heavy (non-hydrogen) atoms. The van der Waals surface area contributed by atoms with Crippen molar-refractivity contribution in [1.29, 1.82) is 0 Å². The Bertz CT molecular complexity index is 662. The lowest BCUT2D eigenvalue weighted by molar-refractivity contribution is 0.468. The average Bonchev–Trinajstić information content (AvgIpc) is 2.85. The molecule has 5 nitrogen and oxygen atoms in total. The molecule has 0 fully saturated rings. The molecule has 1 aromatic heterocycles. The van der Waals surface area contributed by atoms with Gasteiger partial charge in [0.15, 0.2) is 5.82 Å². The predicted molar refractivity (Wildman–Crippen MR) is 92.4 cm³/mol. The Hall–Kier alpha value is -0.860. The van der Waals surface area contributed by atoms with E-state index in [2.05, 4.69) is 47.2 Å². The molecule has 0 radical (unpaired) electrons. The highest BCUT2D eigenvalue weighted by atomic mass is 79.9. The third-order valence-electron chi connectivity index (χ3n) is 2.70. The van der Waals surface area contributed by atoms with Gasteiger partial charge in [-0.1, -0.05) is 25.6 Å². The number of rotatable bonds is 4. The fourth-order valence-electron chi connectivity index (χ4n) is 1.66. The zero-order valence-corrected chi connectivity index (χ0v) is 15.7. The summed E-state index contributed by atoms with van der Waals surface area (Å²) >= 11 is 8.10. The van der Waals surface area contributed by atoms with E-state index in [1.165, 1.54) is 11.8 Å². The Balaban J connectivity index is 2.40. The van der Waals surface area contributed by atoms with Crippen LogP contribution in [0.1, 0.15) is 31.2 Å². The summed E-state index contributed by atoms with van der Waals surface area (Å²) in [6.45, 7) is 4.10. The van der Waals surface area contributed by atoms with Crippen LogP contribution in [-0.2, 0) is 0 Å². The van der Waals surface area contributed by atoms with E-state index in [1.807, 2.05) is 20.1 Å². The monoisotopic (exact) mass is 432 g/mol. The van der Waals surface area contributed by atoms with Crippen molar-refractivity contribution in [3.8, 4) is 5.75 Å². The third kappa shape index (κ3) is 3.67. The van der Waals surface area contributed by atoms with E-state index in [4.69, 9.17) is 0 Å². The molecule has 1 aromatic carbocycles. The molecule has 112 valence electrons. The topological polar surface area (TPSA) is 63.3 Å². The van der Waals surface area contributed by atoms with Crippen molar-refractivity contribution in [2.24, 2.45) is 5.10 Å². The summed E-state index contributed by atoms with van der Waals surface area (Å²) < 4.78 is 2.96. The first-order valence-corrected chi connectivity index (χ1v) is 8.96. The highest BCUT2D eigenvalue weighted by Crippen LogP contribution is 2.32. The molecule has 2 aromatic rings. The van der Waals surface area contributed by atoms with Gasteiger partial charge >= 0.3 is 0 Å². The number of aromatic hydroxyl groups is 1. The summed E-state index contributed by atoms with van der Waals surface area (Å²) in [4.78, 5) is 0. The van der Waals surface area contributed by atoms with Gasteiger partial charge < -0.3 is 5.11 Å². The Morgan fingerprint density at radius 2 is 1.90 bits per heavy atom. The van der Waals surface area contributed by atoms with Gasteiger partial charge in [0.05, 0.1) is 15.2 Å². The molecule has 1 N–H and O–H groups in total. The molecule has 2 rings (SSSR count). The maximum atomic E-state index is 9.72. The number of halogens is 2. The summed E-state index contributed by atoms with van der Waals surface area (Å²) in [5, 5.41) is 23.2.